The molecule has 2 heteroatoms. The normalized spacial score (nSPS) is 13.6. The second-order valence-electron chi connectivity index (χ2n) is 6.61. The van der Waals surface area contributed by atoms with Crippen molar-refractivity contribution in [1.29, 1.82) is 0 Å². The van der Waals surface area contributed by atoms with Gasteiger partial charge in [-0.1, -0.05) is 49.7 Å². The Hall–Kier alpha value is -0.340. The van der Waals surface area contributed by atoms with E-state index < -0.39 is 0 Å². The average molecular weight is 326 g/mol. The van der Waals surface area contributed by atoms with Crippen LogP contribution in [0.2, 0.25) is 0 Å². The van der Waals surface area contributed by atoms with Gasteiger partial charge in [0.15, 0.2) is 0 Å². The van der Waals surface area contributed by atoms with Crippen LogP contribution in [0.5, 0.6) is 0 Å². The van der Waals surface area contributed by atoms with Crippen molar-refractivity contribution in [3.63, 3.8) is 0 Å². The third-order valence-corrected chi connectivity index (χ3v) is 3.92. The van der Waals surface area contributed by atoms with Crippen LogP contribution < -0.4 is 5.32 Å². The van der Waals surface area contributed by atoms with E-state index in [4.69, 9.17) is 0 Å². The summed E-state index contributed by atoms with van der Waals surface area (Å²) in [6.45, 7) is 12.5. The Labute approximate surface area is 127 Å². The van der Waals surface area contributed by atoms with Crippen molar-refractivity contribution < 1.29 is 0 Å². The zero-order valence-electron chi connectivity index (χ0n) is 13.0. The summed E-state index contributed by atoms with van der Waals surface area (Å²) in [6.07, 6.45) is 3.62. The Bertz CT molecular complexity index is 393. The van der Waals surface area contributed by atoms with Crippen LogP contribution in [-0.2, 0) is 0 Å². The molecule has 19 heavy (non-hydrogen) atoms. The second kappa shape index (κ2) is 7.44. The molecule has 0 heterocycles. The predicted molar refractivity (Wildman–Crippen MR) is 88.6 cm³/mol. The molecule has 0 amide bonds. The first-order chi connectivity index (χ1) is 8.83. The average Bonchev–Trinajstić information content (AvgIpc) is 2.29. The van der Waals surface area contributed by atoms with Crippen LogP contribution in [-0.4, -0.2) is 6.54 Å². The van der Waals surface area contributed by atoms with E-state index in [-0.39, 0.29) is 0 Å². The second-order valence-corrected chi connectivity index (χ2v) is 7.52. The minimum absolute atomic E-state index is 0.398. The van der Waals surface area contributed by atoms with E-state index in [2.05, 4.69) is 74.1 Å². The number of benzene rings is 1. The van der Waals surface area contributed by atoms with Crippen LogP contribution in [0.15, 0.2) is 22.7 Å². The van der Waals surface area contributed by atoms with Crippen LogP contribution >= 0.6 is 15.9 Å². The third-order valence-electron chi connectivity index (χ3n) is 3.43. The molecule has 1 N–H and O–H groups in total. The van der Waals surface area contributed by atoms with Gasteiger partial charge >= 0.3 is 0 Å². The van der Waals surface area contributed by atoms with E-state index in [0.29, 0.717) is 11.5 Å². The van der Waals surface area contributed by atoms with Crippen molar-refractivity contribution in [3.05, 3.63) is 33.8 Å². The van der Waals surface area contributed by atoms with E-state index in [1.807, 2.05) is 0 Å². The first-order valence-electron chi connectivity index (χ1n) is 7.33. The molecule has 0 aliphatic rings. The van der Waals surface area contributed by atoms with Gasteiger partial charge in [0.2, 0.25) is 0 Å². The topological polar surface area (TPSA) is 12.0 Å². The van der Waals surface area contributed by atoms with Crippen LogP contribution in [0.1, 0.15) is 64.1 Å². The quantitative estimate of drug-likeness (QED) is 0.715. The molecule has 0 aliphatic carbocycles. The molecule has 0 saturated heterocycles. The van der Waals surface area contributed by atoms with E-state index in [1.54, 1.807) is 0 Å². The highest BCUT2D eigenvalue weighted by Gasteiger charge is 2.17. The van der Waals surface area contributed by atoms with Gasteiger partial charge in [-0.05, 0) is 61.4 Å². The van der Waals surface area contributed by atoms with Gasteiger partial charge in [0.1, 0.15) is 0 Å². The summed E-state index contributed by atoms with van der Waals surface area (Å²) in [5.41, 5.74) is 3.22. The minimum Gasteiger partial charge on any atom is -0.310 e. The number of halogens is 1. The summed E-state index contributed by atoms with van der Waals surface area (Å²) in [7, 11) is 0. The van der Waals surface area contributed by atoms with Gasteiger partial charge in [0.25, 0.3) is 0 Å². The fourth-order valence-corrected chi connectivity index (χ4v) is 2.77. The first-order valence-corrected chi connectivity index (χ1v) is 8.12. The summed E-state index contributed by atoms with van der Waals surface area (Å²) < 4.78 is 1.17. The first kappa shape index (κ1) is 16.7. The summed E-state index contributed by atoms with van der Waals surface area (Å²) in [4.78, 5) is 0. The lowest BCUT2D eigenvalue weighted by molar-refractivity contribution is 0.332. The highest BCUT2D eigenvalue weighted by molar-refractivity contribution is 9.10. The number of hydrogen-bond acceptors (Lipinski definition) is 1. The smallest absolute Gasteiger partial charge is 0.0323 e. The van der Waals surface area contributed by atoms with E-state index in [1.165, 1.54) is 34.9 Å². The van der Waals surface area contributed by atoms with Gasteiger partial charge in [0, 0.05) is 10.5 Å². The summed E-state index contributed by atoms with van der Waals surface area (Å²) in [5.74, 6) is 0. The maximum atomic E-state index is 3.70. The van der Waals surface area contributed by atoms with Crippen LogP contribution in [0.25, 0.3) is 0 Å². The number of rotatable bonds is 6. The zero-order valence-corrected chi connectivity index (χ0v) is 14.6. The van der Waals surface area contributed by atoms with E-state index >= 15 is 0 Å². The molecule has 1 atom stereocenters. The molecule has 0 bridgehead atoms. The van der Waals surface area contributed by atoms with Gasteiger partial charge in [-0.15, -0.1) is 0 Å². The van der Waals surface area contributed by atoms with Crippen LogP contribution in [0, 0.1) is 12.3 Å². The number of nitrogens with one attached hydrogen (secondary N) is 1. The summed E-state index contributed by atoms with van der Waals surface area (Å²) in [6, 6.07) is 7.11. The van der Waals surface area contributed by atoms with E-state index in [9.17, 15) is 0 Å². The van der Waals surface area contributed by atoms with Gasteiger partial charge in [-0.25, -0.2) is 0 Å². The Morgan fingerprint density at radius 2 is 1.95 bits per heavy atom. The fourth-order valence-electron chi connectivity index (χ4n) is 2.29. The lowest BCUT2D eigenvalue weighted by Crippen LogP contribution is -2.24. The Morgan fingerprint density at radius 1 is 1.26 bits per heavy atom. The van der Waals surface area contributed by atoms with Crippen molar-refractivity contribution in [2.24, 2.45) is 5.41 Å². The monoisotopic (exact) mass is 325 g/mol. The Balaban J connectivity index is 2.83. The molecule has 108 valence electrons. The molecular weight excluding hydrogens is 298 g/mol. The predicted octanol–water partition coefficient (Wildman–Crippen LogP) is 5.62. The van der Waals surface area contributed by atoms with Crippen molar-refractivity contribution in [2.75, 3.05) is 6.54 Å². The van der Waals surface area contributed by atoms with Crippen molar-refractivity contribution in [1.82, 2.24) is 5.32 Å². The van der Waals surface area contributed by atoms with Crippen molar-refractivity contribution in [2.45, 2.75) is 59.9 Å². The molecule has 0 fully saturated rings. The highest BCUT2D eigenvalue weighted by atomic mass is 79.9. The number of aryl methyl sites for hydroxylation is 1. The molecule has 0 spiro atoms. The maximum Gasteiger partial charge on any atom is 0.0323 e. The lowest BCUT2D eigenvalue weighted by atomic mass is 9.86. The molecule has 1 aromatic carbocycles. The Kier molecular flexibility index (Phi) is 6.55. The van der Waals surface area contributed by atoms with Gasteiger partial charge < -0.3 is 5.32 Å². The molecular formula is C17H28BrN. The van der Waals surface area contributed by atoms with E-state index in [0.717, 1.165) is 6.54 Å². The summed E-state index contributed by atoms with van der Waals surface area (Å²) in [5, 5.41) is 3.70. The molecule has 0 saturated carbocycles. The Morgan fingerprint density at radius 3 is 2.47 bits per heavy atom. The molecule has 1 aromatic rings. The molecule has 0 aromatic heterocycles. The molecule has 1 unspecified atom stereocenters. The lowest BCUT2D eigenvalue weighted by Gasteiger charge is -2.25. The number of hydrogen-bond donors (Lipinski definition) is 1. The molecule has 1 rings (SSSR count). The molecule has 0 aliphatic heterocycles. The maximum absolute atomic E-state index is 3.70. The molecule has 0 radical (unpaired) electrons. The van der Waals surface area contributed by atoms with Crippen LogP contribution in [0.4, 0.5) is 0 Å². The SMILES string of the molecule is CCCNC(CCC(C)(C)C)c1ccc(Br)cc1C. The molecule has 1 nitrogen and oxygen atoms in total. The van der Waals surface area contributed by atoms with Gasteiger partial charge in [-0.2, -0.15) is 0 Å². The van der Waals surface area contributed by atoms with Crippen LogP contribution in [0.3, 0.4) is 0 Å². The standard InChI is InChI=1S/C17H28BrN/c1-6-11-19-16(9-10-17(3,4)5)15-8-7-14(18)12-13(15)2/h7-8,12,16,19H,6,9-11H2,1-5H3. The van der Waals surface area contributed by atoms with Gasteiger partial charge in [-0.3, -0.25) is 0 Å². The zero-order chi connectivity index (χ0) is 14.5. The van der Waals surface area contributed by atoms with Crippen molar-refractivity contribution >= 4 is 15.9 Å². The van der Waals surface area contributed by atoms with Gasteiger partial charge in [0.05, 0.1) is 0 Å². The summed E-state index contributed by atoms with van der Waals surface area (Å²) >= 11 is 3.55. The minimum atomic E-state index is 0.398. The third kappa shape index (κ3) is 6.09. The largest absolute Gasteiger partial charge is 0.310 e. The fraction of sp³-hybridized carbons (Fsp3) is 0.647. The van der Waals surface area contributed by atoms with Crippen molar-refractivity contribution in [3.8, 4) is 0 Å². The highest BCUT2D eigenvalue weighted by Crippen LogP contribution is 2.30.